The minimum absolute atomic E-state index is 0.921. The van der Waals surface area contributed by atoms with Crippen molar-refractivity contribution in [1.82, 2.24) is 0 Å². The molecule has 0 atom stereocenters. The molecule has 0 aliphatic heterocycles. The second-order valence-corrected chi connectivity index (χ2v) is 7.64. The van der Waals surface area contributed by atoms with Gasteiger partial charge in [-0.1, -0.05) is 25.5 Å². The van der Waals surface area contributed by atoms with E-state index in [1.54, 1.807) is 7.11 Å². The van der Waals surface area contributed by atoms with Crippen molar-refractivity contribution in [2.24, 2.45) is 0 Å². The van der Waals surface area contributed by atoms with Gasteiger partial charge in [-0.05, 0) is 61.1 Å². The van der Waals surface area contributed by atoms with E-state index in [9.17, 15) is 0 Å². The summed E-state index contributed by atoms with van der Waals surface area (Å²) in [6.45, 7) is 2.25. The van der Waals surface area contributed by atoms with Crippen molar-refractivity contribution in [3.63, 3.8) is 0 Å². The predicted octanol–water partition coefficient (Wildman–Crippen LogP) is 1.07. The first-order valence-corrected chi connectivity index (χ1v) is 10.7. The van der Waals surface area contributed by atoms with E-state index in [4.69, 9.17) is 27.8 Å². The standard InChI is InChI=1S/C22H23O2.ClHO4/c1-3-4-7-18-19-8-5-6-9-21(19)24-22-17-13-11-16(23-2)14-15(17)10-12-20(18)22;2-1(3,4)5/h5-6,8-9,11,13-14H,3-4,7,10,12H2,1-2H3;(H,2,3,4,5)/q+1;/p-1. The van der Waals surface area contributed by atoms with Crippen molar-refractivity contribution in [2.75, 3.05) is 7.11 Å². The van der Waals surface area contributed by atoms with E-state index in [2.05, 4.69) is 43.3 Å². The Labute approximate surface area is 171 Å². The van der Waals surface area contributed by atoms with Crippen molar-refractivity contribution in [1.29, 1.82) is 0 Å². The van der Waals surface area contributed by atoms with Crippen LogP contribution in [0.5, 0.6) is 5.75 Å². The van der Waals surface area contributed by atoms with Crippen molar-refractivity contribution in [3.05, 3.63) is 59.2 Å². The second kappa shape index (κ2) is 9.07. The molecule has 0 bridgehead atoms. The number of rotatable bonds is 4. The van der Waals surface area contributed by atoms with Gasteiger partial charge in [-0.25, -0.2) is 23.1 Å². The number of halogens is 1. The number of unbranched alkanes of at least 4 members (excludes halogenated alkanes) is 1. The van der Waals surface area contributed by atoms with E-state index in [0.717, 1.165) is 36.4 Å². The Hall–Kier alpha value is -2.22. The highest BCUT2D eigenvalue weighted by Gasteiger charge is 2.31. The van der Waals surface area contributed by atoms with Crippen LogP contribution in [0, 0.1) is 10.2 Å². The first-order valence-electron chi connectivity index (χ1n) is 9.47. The molecule has 0 saturated carbocycles. The summed E-state index contributed by atoms with van der Waals surface area (Å²) < 4.78 is 45.7. The lowest BCUT2D eigenvalue weighted by Crippen LogP contribution is -2.68. The lowest BCUT2D eigenvalue weighted by molar-refractivity contribution is -2.00. The number of para-hydroxylation sites is 1. The average molecular weight is 419 g/mol. The fraction of sp³-hybridized carbons (Fsp3) is 0.318. The van der Waals surface area contributed by atoms with E-state index in [0.29, 0.717) is 0 Å². The number of methoxy groups -OCH3 is 1. The second-order valence-electron chi connectivity index (χ2n) is 6.89. The van der Waals surface area contributed by atoms with Crippen LogP contribution in [-0.4, -0.2) is 7.11 Å². The molecule has 7 heteroatoms. The third-order valence-corrected chi connectivity index (χ3v) is 5.04. The van der Waals surface area contributed by atoms with E-state index in [1.807, 2.05) is 6.07 Å². The number of ether oxygens (including phenoxy) is 1. The fourth-order valence-corrected chi connectivity index (χ4v) is 3.78. The lowest BCUT2D eigenvalue weighted by atomic mass is 9.85. The van der Waals surface area contributed by atoms with Gasteiger partial charge in [0.05, 0.1) is 23.6 Å². The first-order chi connectivity index (χ1) is 13.8. The molecule has 1 aromatic heterocycles. The maximum atomic E-state index is 8.49. The molecule has 0 fully saturated rings. The largest absolute Gasteiger partial charge is 0.497 e. The van der Waals surface area contributed by atoms with Gasteiger partial charge in [0.25, 0.3) is 0 Å². The Morgan fingerprint density at radius 2 is 1.76 bits per heavy atom. The zero-order chi connectivity index (χ0) is 21.0. The van der Waals surface area contributed by atoms with Crippen LogP contribution in [-0.2, 0) is 19.3 Å². The van der Waals surface area contributed by atoms with Gasteiger partial charge in [-0.3, -0.25) is 0 Å². The minimum atomic E-state index is -4.94. The monoisotopic (exact) mass is 418 g/mol. The van der Waals surface area contributed by atoms with Crippen LogP contribution in [0.1, 0.15) is 36.5 Å². The normalized spacial score (nSPS) is 12.6. The van der Waals surface area contributed by atoms with Gasteiger partial charge in [0.1, 0.15) is 5.75 Å². The van der Waals surface area contributed by atoms with E-state index < -0.39 is 10.2 Å². The van der Waals surface area contributed by atoms with Crippen molar-refractivity contribution >= 4 is 11.0 Å². The number of benzene rings is 2. The van der Waals surface area contributed by atoms with Crippen molar-refractivity contribution in [3.8, 4) is 17.1 Å². The maximum Gasteiger partial charge on any atom is 0.364 e. The molecule has 0 N–H and O–H groups in total. The van der Waals surface area contributed by atoms with Gasteiger partial charge in [-0.2, -0.15) is 0 Å². The van der Waals surface area contributed by atoms with E-state index in [1.165, 1.54) is 40.5 Å². The van der Waals surface area contributed by atoms with E-state index >= 15 is 0 Å². The Morgan fingerprint density at radius 1 is 1.03 bits per heavy atom. The van der Waals surface area contributed by atoms with Crippen molar-refractivity contribution in [2.45, 2.75) is 39.0 Å². The predicted molar refractivity (Wildman–Crippen MR) is 98.6 cm³/mol. The van der Waals surface area contributed by atoms with Crippen LogP contribution in [0.4, 0.5) is 0 Å². The Morgan fingerprint density at radius 3 is 2.45 bits per heavy atom. The number of aryl methyl sites for hydroxylation is 2. The summed E-state index contributed by atoms with van der Waals surface area (Å²) in [7, 11) is -3.22. The molecular weight excluding hydrogens is 396 g/mol. The van der Waals surface area contributed by atoms with Crippen LogP contribution in [0.2, 0.25) is 0 Å². The summed E-state index contributed by atoms with van der Waals surface area (Å²) in [5.74, 6) is 1.98. The van der Waals surface area contributed by atoms with Gasteiger partial charge >= 0.3 is 11.3 Å². The maximum absolute atomic E-state index is 8.49. The summed E-state index contributed by atoms with van der Waals surface area (Å²) in [5, 5.41) is 1.28. The molecule has 2 aromatic carbocycles. The summed E-state index contributed by atoms with van der Waals surface area (Å²) in [6, 6.07) is 14.8. The highest BCUT2D eigenvalue weighted by molar-refractivity contribution is 5.86. The van der Waals surface area contributed by atoms with Crippen molar-refractivity contribution < 1.29 is 38.0 Å². The van der Waals surface area contributed by atoms with Crippen LogP contribution in [0.15, 0.2) is 46.9 Å². The number of hydrogen-bond acceptors (Lipinski definition) is 5. The zero-order valence-electron chi connectivity index (χ0n) is 16.4. The third kappa shape index (κ3) is 5.23. The van der Waals surface area contributed by atoms with Crippen LogP contribution >= 0.6 is 0 Å². The van der Waals surface area contributed by atoms with Gasteiger partial charge in [0.2, 0.25) is 0 Å². The van der Waals surface area contributed by atoms with Crippen LogP contribution in [0.25, 0.3) is 22.3 Å². The van der Waals surface area contributed by atoms with Crippen LogP contribution in [0.3, 0.4) is 0 Å². The summed E-state index contributed by atoms with van der Waals surface area (Å²) >= 11 is 0. The molecule has 0 unspecified atom stereocenters. The smallest absolute Gasteiger partial charge is 0.364 e. The molecule has 0 amide bonds. The van der Waals surface area contributed by atoms with Gasteiger partial charge < -0.3 is 4.74 Å². The summed E-state index contributed by atoms with van der Waals surface area (Å²) in [6.07, 6.45) is 5.65. The molecule has 1 heterocycles. The summed E-state index contributed by atoms with van der Waals surface area (Å²) in [5.41, 5.74) is 6.42. The van der Waals surface area contributed by atoms with E-state index in [-0.39, 0.29) is 0 Å². The number of fused-ring (bicyclic) bond motifs is 4. The SMILES string of the molecule is CCCCc1c2c([o+]c3ccccc13)-c1ccc(OC)cc1CC2.[O-][Cl+3]([O-])([O-])[O-]. The molecule has 0 saturated heterocycles. The molecular formula is C22H23ClO6. The molecule has 6 nitrogen and oxygen atoms in total. The van der Waals surface area contributed by atoms with Gasteiger partial charge in [-0.15, -0.1) is 10.2 Å². The molecule has 1 aliphatic rings. The molecule has 3 aromatic rings. The third-order valence-electron chi connectivity index (χ3n) is 5.04. The minimum Gasteiger partial charge on any atom is -0.497 e. The Kier molecular flexibility index (Phi) is 6.72. The fourth-order valence-electron chi connectivity index (χ4n) is 3.78. The topological polar surface area (TPSA) is 113 Å². The van der Waals surface area contributed by atoms with Gasteiger partial charge in [0, 0.05) is 6.07 Å². The highest BCUT2D eigenvalue weighted by atomic mass is 35.7. The Balaban J connectivity index is 0.000000431. The highest BCUT2D eigenvalue weighted by Crippen LogP contribution is 2.40. The molecule has 1 aliphatic carbocycles. The Bertz CT molecular complexity index is 990. The average Bonchev–Trinajstić information content (AvgIpc) is 2.69. The summed E-state index contributed by atoms with van der Waals surface area (Å²) in [4.78, 5) is 0. The number of hydrogen-bond donors (Lipinski definition) is 0. The van der Waals surface area contributed by atoms with Gasteiger partial charge in [0.15, 0.2) is 0 Å². The van der Waals surface area contributed by atoms with Crippen LogP contribution < -0.4 is 23.4 Å². The molecule has 4 rings (SSSR count). The molecule has 0 spiro atoms. The zero-order valence-corrected chi connectivity index (χ0v) is 17.2. The first kappa shape index (κ1) is 21.5. The molecule has 154 valence electrons. The quantitative estimate of drug-likeness (QED) is 0.586. The molecule has 0 radical (unpaired) electrons. The lowest BCUT2D eigenvalue weighted by Gasteiger charge is -2.17. The molecule has 29 heavy (non-hydrogen) atoms.